The van der Waals surface area contributed by atoms with E-state index >= 15 is 0 Å². The molecule has 54 heavy (non-hydrogen) atoms. The van der Waals surface area contributed by atoms with E-state index in [1.54, 1.807) is 0 Å². The zero-order valence-electron chi connectivity index (χ0n) is 30.3. The minimum Gasteiger partial charge on any atom is -0.509 e. The van der Waals surface area contributed by atoms with Crippen LogP contribution in [0.25, 0.3) is 49.4 Å². The topological polar surface area (TPSA) is 38.5 Å². The third-order valence-corrected chi connectivity index (χ3v) is 10.4. The molecule has 3 aromatic heterocycles. The van der Waals surface area contributed by atoms with Gasteiger partial charge in [0, 0.05) is 84.7 Å². The van der Waals surface area contributed by atoms with Crippen LogP contribution < -0.4 is 14.5 Å². The van der Waals surface area contributed by atoms with Crippen LogP contribution in [0.5, 0.6) is 11.5 Å². The van der Waals surface area contributed by atoms with Gasteiger partial charge in [-0.05, 0) is 64.9 Å². The molecule has 268 valence electrons. The predicted molar refractivity (Wildman–Crippen MR) is 217 cm³/mol. The van der Waals surface area contributed by atoms with E-state index in [0.717, 1.165) is 50.4 Å². The molecule has 0 saturated carbocycles. The van der Waals surface area contributed by atoms with Crippen molar-refractivity contribution in [3.63, 3.8) is 0 Å². The van der Waals surface area contributed by atoms with Gasteiger partial charge in [0.25, 0.3) is 0 Å². The summed E-state index contributed by atoms with van der Waals surface area (Å²) in [6.45, 7) is 8.83. The molecule has 0 radical (unpaired) electrons. The molecule has 1 aliphatic rings. The third kappa shape index (κ3) is 5.39. The van der Waals surface area contributed by atoms with E-state index < -0.39 is 0 Å². The molecule has 0 amide bonds. The van der Waals surface area contributed by atoms with Gasteiger partial charge in [0.2, 0.25) is 0 Å². The number of anilines is 4. The molecule has 0 aliphatic carbocycles. The maximum atomic E-state index is 6.58. The van der Waals surface area contributed by atoms with Gasteiger partial charge in [0.05, 0.1) is 5.52 Å². The molecule has 0 bridgehead atoms. The van der Waals surface area contributed by atoms with Gasteiger partial charge < -0.3 is 23.7 Å². The number of rotatable bonds is 5. The summed E-state index contributed by atoms with van der Waals surface area (Å²) in [7, 11) is 2.14. The minimum atomic E-state index is -0.0123. The Morgan fingerprint density at radius 3 is 2.20 bits per heavy atom. The number of pyridine rings is 1. The summed E-state index contributed by atoms with van der Waals surface area (Å²) >= 11 is 0. The van der Waals surface area contributed by atoms with Crippen LogP contribution in [0, 0.1) is 18.8 Å². The van der Waals surface area contributed by atoms with Crippen LogP contribution in [-0.2, 0) is 33.5 Å². The molecule has 0 spiro atoms. The van der Waals surface area contributed by atoms with Crippen LogP contribution in [0.15, 0.2) is 140 Å². The largest absolute Gasteiger partial charge is 0.509 e. The Morgan fingerprint density at radius 2 is 1.39 bits per heavy atom. The smallest absolute Gasteiger partial charge is 0.135 e. The molecule has 6 aromatic carbocycles. The van der Waals surface area contributed by atoms with Crippen molar-refractivity contribution in [2.75, 3.05) is 9.80 Å². The second kappa shape index (κ2) is 12.9. The van der Waals surface area contributed by atoms with Gasteiger partial charge in [-0.1, -0.05) is 80.9 Å². The van der Waals surface area contributed by atoms with E-state index in [0.29, 0.717) is 11.5 Å². The van der Waals surface area contributed by atoms with Crippen LogP contribution >= 0.6 is 0 Å². The van der Waals surface area contributed by atoms with Crippen molar-refractivity contribution >= 4 is 66.4 Å². The van der Waals surface area contributed by atoms with Crippen LogP contribution in [0.4, 0.5) is 22.7 Å². The Morgan fingerprint density at radius 1 is 0.648 bits per heavy atom. The van der Waals surface area contributed by atoms with Gasteiger partial charge in [-0.25, -0.2) is 4.98 Å². The fraction of sp³-hybridized carbons (Fsp3) is 0.106. The SMILES string of the molecule is Cn1c2ccccc2c2c3c(ccc21)N(c1[c-]c(Oc2[c-]c4c(cc2)c2ccccc2n4-c2cc(C(C)(C)C)ccn2)ccc1)[CH-]N3c1ccccc1.[Pt]. The van der Waals surface area contributed by atoms with E-state index in [9.17, 15) is 0 Å². The normalized spacial score (nSPS) is 12.9. The summed E-state index contributed by atoms with van der Waals surface area (Å²) in [4.78, 5) is 9.32. The maximum Gasteiger partial charge on any atom is 0.135 e. The number of aryl methyl sites for hydroxylation is 1. The molecule has 1 aliphatic heterocycles. The molecule has 7 heteroatoms. The second-order valence-corrected chi connectivity index (χ2v) is 14.7. The summed E-state index contributed by atoms with van der Waals surface area (Å²) in [6.07, 6.45) is 1.90. The summed E-state index contributed by atoms with van der Waals surface area (Å²) < 4.78 is 11.0. The van der Waals surface area contributed by atoms with E-state index in [1.807, 2.05) is 24.4 Å². The van der Waals surface area contributed by atoms with Crippen LogP contribution in [0.1, 0.15) is 26.3 Å². The molecule has 6 nitrogen and oxygen atoms in total. The van der Waals surface area contributed by atoms with Crippen LogP contribution in [0.3, 0.4) is 0 Å². The summed E-state index contributed by atoms with van der Waals surface area (Å²) in [6, 6.07) is 53.6. The van der Waals surface area contributed by atoms with Gasteiger partial charge in [-0.15, -0.1) is 48.1 Å². The van der Waals surface area contributed by atoms with E-state index in [1.165, 1.54) is 27.4 Å². The van der Waals surface area contributed by atoms with Crippen molar-refractivity contribution < 1.29 is 25.8 Å². The van der Waals surface area contributed by atoms with Crippen molar-refractivity contribution in [2.24, 2.45) is 7.05 Å². The molecule has 4 heterocycles. The zero-order chi connectivity index (χ0) is 35.8. The number of fused-ring (bicyclic) bond motifs is 8. The summed E-state index contributed by atoms with van der Waals surface area (Å²) in [5.41, 5.74) is 9.77. The van der Waals surface area contributed by atoms with Crippen LogP contribution in [0.2, 0.25) is 0 Å². The van der Waals surface area contributed by atoms with Crippen molar-refractivity contribution in [1.29, 1.82) is 0 Å². The maximum absolute atomic E-state index is 6.58. The Labute approximate surface area is 329 Å². The average molecular weight is 882 g/mol. The van der Waals surface area contributed by atoms with Gasteiger partial charge in [0.1, 0.15) is 5.82 Å². The van der Waals surface area contributed by atoms with Crippen molar-refractivity contribution in [3.05, 3.63) is 164 Å². The first kappa shape index (κ1) is 34.0. The predicted octanol–water partition coefficient (Wildman–Crippen LogP) is 11.9. The Balaban J connectivity index is 0.00000384. The minimum absolute atomic E-state index is 0. The Bertz CT molecular complexity index is 2870. The van der Waals surface area contributed by atoms with Crippen LogP contribution in [-0.4, -0.2) is 14.1 Å². The summed E-state index contributed by atoms with van der Waals surface area (Å²) in [5, 5.41) is 4.69. The molecular weight excluding hydrogens is 846 g/mol. The third-order valence-electron chi connectivity index (χ3n) is 10.4. The van der Waals surface area contributed by atoms with E-state index in [4.69, 9.17) is 9.72 Å². The average Bonchev–Trinajstić information content (AvgIpc) is 3.83. The molecular formula is C47H36N5OPt-3. The van der Waals surface area contributed by atoms with E-state index in [2.05, 4.69) is 181 Å². The first-order chi connectivity index (χ1) is 25.8. The number of para-hydroxylation sites is 3. The second-order valence-electron chi connectivity index (χ2n) is 14.7. The number of hydrogen-bond donors (Lipinski definition) is 0. The van der Waals surface area contributed by atoms with Gasteiger partial charge in [0.15, 0.2) is 0 Å². The molecule has 0 saturated heterocycles. The Hall–Kier alpha value is -5.84. The molecule has 9 aromatic rings. The molecule has 0 N–H and O–H groups in total. The fourth-order valence-corrected chi connectivity index (χ4v) is 7.81. The van der Waals surface area contributed by atoms with Crippen molar-refractivity contribution in [2.45, 2.75) is 26.2 Å². The standard InChI is InChI=1S/C47H36N5O.Pt/c1-47(2,3)31-25-26-48-44(27-31)52-40-20-11-8-17-36(40)37-22-21-35(29-43(37)52)53-34-16-12-15-33(28-34)50-30-51(32-13-6-5-7-14-32)46-42(50)24-23-41-45(46)38-18-9-10-19-39(38)49(41)4;/h5-27,30H,1-4H3;/q-3;. The first-order valence-electron chi connectivity index (χ1n) is 17.9. The number of benzene rings is 6. The molecule has 0 fully saturated rings. The monoisotopic (exact) mass is 881 g/mol. The van der Waals surface area contributed by atoms with Crippen molar-refractivity contribution in [1.82, 2.24) is 14.1 Å². The number of hydrogen-bond acceptors (Lipinski definition) is 4. The Kier molecular flexibility index (Phi) is 8.13. The molecule has 10 rings (SSSR count). The van der Waals surface area contributed by atoms with Crippen molar-refractivity contribution in [3.8, 4) is 17.3 Å². The van der Waals surface area contributed by atoms with E-state index in [-0.39, 0.29) is 26.5 Å². The van der Waals surface area contributed by atoms with Gasteiger partial charge in [-0.2, -0.15) is 12.1 Å². The number of ether oxygens (including phenoxy) is 1. The molecule has 0 unspecified atom stereocenters. The molecule has 0 atom stereocenters. The van der Waals surface area contributed by atoms with Gasteiger partial charge in [-0.3, -0.25) is 0 Å². The fourth-order valence-electron chi connectivity index (χ4n) is 7.81. The summed E-state index contributed by atoms with van der Waals surface area (Å²) in [5.74, 6) is 2.07. The number of nitrogens with zero attached hydrogens (tertiary/aromatic N) is 5. The van der Waals surface area contributed by atoms with Gasteiger partial charge >= 0.3 is 0 Å². The quantitative estimate of drug-likeness (QED) is 0.161. The number of aromatic nitrogens is 3. The first-order valence-corrected chi connectivity index (χ1v) is 17.9. The zero-order valence-corrected chi connectivity index (χ0v) is 32.6.